The number of para-hydroxylation sites is 7. The minimum atomic E-state index is 0.828. The van der Waals surface area contributed by atoms with Crippen molar-refractivity contribution in [2.45, 2.75) is 6.92 Å². The molecule has 0 aliphatic heterocycles. The van der Waals surface area contributed by atoms with Crippen LogP contribution in [-0.4, -0.2) is 19.1 Å². The molecule has 14 rings (SSSR count). The van der Waals surface area contributed by atoms with Crippen molar-refractivity contribution in [1.82, 2.24) is 19.1 Å². The summed E-state index contributed by atoms with van der Waals surface area (Å²) in [4.78, 5) is 15.5. The highest BCUT2D eigenvalue weighted by molar-refractivity contribution is 6.12. The van der Waals surface area contributed by atoms with Crippen LogP contribution in [-0.2, 0) is 0 Å². The first-order valence-corrected chi connectivity index (χ1v) is 25.5. The van der Waals surface area contributed by atoms with E-state index in [4.69, 9.17) is 9.97 Å². The monoisotopic (exact) mass is 960 g/mol. The largest absolute Gasteiger partial charge is 0.310 e. The van der Waals surface area contributed by atoms with E-state index in [0.29, 0.717) is 0 Å². The number of hydrogen-bond acceptors (Lipinski definition) is 4. The zero-order chi connectivity index (χ0) is 49.8. The number of hydrogen-bond donors (Lipinski definition) is 0. The van der Waals surface area contributed by atoms with Crippen molar-refractivity contribution in [1.29, 1.82) is 0 Å². The van der Waals surface area contributed by atoms with Gasteiger partial charge >= 0.3 is 0 Å². The molecule has 0 unspecified atom stereocenters. The highest BCUT2D eigenvalue weighted by Gasteiger charge is 2.22. The van der Waals surface area contributed by atoms with E-state index in [1.54, 1.807) is 0 Å². The summed E-state index contributed by atoms with van der Waals surface area (Å²) in [5.41, 5.74) is 19.8. The first kappa shape index (κ1) is 43.7. The van der Waals surface area contributed by atoms with Gasteiger partial charge in [-0.05, 0) is 140 Å². The van der Waals surface area contributed by atoms with Gasteiger partial charge in [0.2, 0.25) is 0 Å². The second-order valence-corrected chi connectivity index (χ2v) is 19.1. The summed E-state index contributed by atoms with van der Waals surface area (Å²) in [5.74, 6) is 0. The van der Waals surface area contributed by atoms with Crippen LogP contribution in [0.5, 0.6) is 0 Å². The van der Waals surface area contributed by atoms with E-state index in [0.717, 1.165) is 95.6 Å². The van der Waals surface area contributed by atoms with Crippen LogP contribution in [0.25, 0.3) is 88.5 Å². The lowest BCUT2D eigenvalue weighted by Crippen LogP contribution is -2.10. The molecule has 6 heteroatoms. The Hall–Kier alpha value is -10.0. The number of rotatable bonds is 10. The van der Waals surface area contributed by atoms with Crippen LogP contribution in [0, 0.1) is 6.92 Å². The van der Waals surface area contributed by atoms with Gasteiger partial charge in [-0.3, -0.25) is 0 Å². The summed E-state index contributed by atoms with van der Waals surface area (Å²) >= 11 is 0. The van der Waals surface area contributed by atoms with Crippen molar-refractivity contribution in [3.05, 3.63) is 279 Å². The third kappa shape index (κ3) is 7.58. The normalized spacial score (nSPS) is 11.5. The maximum absolute atomic E-state index is 5.44. The van der Waals surface area contributed by atoms with E-state index in [1.807, 2.05) is 0 Å². The number of aromatic nitrogens is 4. The smallest absolute Gasteiger partial charge is 0.0973 e. The number of anilines is 6. The molecule has 0 amide bonds. The standard InChI is InChI=1S/C69H48N6/c1-47-19-18-30-62-67(47)71-69(49-35-39-55(40-36-49)73(51-22-8-3-9-23-51)57-42-44-66-61(46-57)59-29-15-17-32-64(59)75(66)53-26-12-5-13-27-53)68(70-62)48-33-37-54(38-34-48)72(50-20-6-2-7-21-50)56-41-43-65-60(45-56)58-28-14-16-31-63(58)74(65)52-24-10-4-11-25-52/h2-46H,1H3. The molecule has 3 aromatic heterocycles. The van der Waals surface area contributed by atoms with Crippen molar-refractivity contribution in [3.8, 4) is 33.9 Å². The van der Waals surface area contributed by atoms with Gasteiger partial charge in [-0.1, -0.05) is 146 Å². The molecule has 0 aliphatic rings. The zero-order valence-electron chi connectivity index (χ0n) is 41.2. The molecule has 0 spiro atoms. The maximum Gasteiger partial charge on any atom is 0.0973 e. The van der Waals surface area contributed by atoms with Gasteiger partial charge in [0.05, 0.1) is 44.5 Å². The minimum Gasteiger partial charge on any atom is -0.310 e. The molecule has 0 radical (unpaired) electrons. The van der Waals surface area contributed by atoms with Gasteiger partial charge in [-0.2, -0.15) is 0 Å². The number of benzene rings is 11. The van der Waals surface area contributed by atoms with Crippen LogP contribution in [0.4, 0.5) is 34.1 Å². The van der Waals surface area contributed by atoms with Gasteiger partial charge < -0.3 is 18.9 Å². The molecular formula is C69H48N6. The van der Waals surface area contributed by atoms with Crippen molar-refractivity contribution in [2.24, 2.45) is 0 Å². The van der Waals surface area contributed by atoms with Gasteiger partial charge in [0.1, 0.15) is 0 Å². The summed E-state index contributed by atoms with van der Waals surface area (Å²) in [5, 5.41) is 4.82. The SMILES string of the molecule is Cc1cccc2nc(-c3ccc(N(c4ccccc4)c4ccc5c(c4)c4ccccc4n5-c4ccccc4)cc3)c(-c3ccc(N(c4ccccc4)c4ccc5c(c4)c4ccccc4n5-c4ccccc4)cc3)nc12. The molecule has 0 bridgehead atoms. The Morgan fingerprint density at radius 2 is 0.667 bits per heavy atom. The molecule has 0 atom stereocenters. The fourth-order valence-corrected chi connectivity index (χ4v) is 11.1. The van der Waals surface area contributed by atoms with Crippen LogP contribution in [0.15, 0.2) is 273 Å². The van der Waals surface area contributed by atoms with Gasteiger partial charge in [-0.25, -0.2) is 9.97 Å². The second kappa shape index (κ2) is 18.2. The fourth-order valence-electron chi connectivity index (χ4n) is 11.1. The molecule has 0 saturated heterocycles. The molecule has 0 aliphatic carbocycles. The van der Waals surface area contributed by atoms with E-state index in [9.17, 15) is 0 Å². The summed E-state index contributed by atoms with van der Waals surface area (Å²) in [7, 11) is 0. The molecule has 11 aromatic carbocycles. The summed E-state index contributed by atoms with van der Waals surface area (Å²) in [6.45, 7) is 2.11. The Balaban J connectivity index is 0.862. The van der Waals surface area contributed by atoms with Crippen LogP contribution in [0.1, 0.15) is 5.56 Å². The predicted octanol–water partition coefficient (Wildman–Crippen LogP) is 18.4. The topological polar surface area (TPSA) is 42.1 Å². The zero-order valence-corrected chi connectivity index (χ0v) is 41.2. The van der Waals surface area contributed by atoms with Crippen molar-refractivity contribution in [2.75, 3.05) is 9.80 Å². The maximum atomic E-state index is 5.44. The second-order valence-electron chi connectivity index (χ2n) is 19.1. The van der Waals surface area contributed by atoms with Crippen LogP contribution >= 0.6 is 0 Å². The number of fused-ring (bicyclic) bond motifs is 7. The molecule has 0 saturated carbocycles. The van der Waals surface area contributed by atoms with Gasteiger partial charge in [0, 0.05) is 78.2 Å². The van der Waals surface area contributed by atoms with Crippen LogP contribution in [0.2, 0.25) is 0 Å². The average molecular weight is 961 g/mol. The van der Waals surface area contributed by atoms with E-state index < -0.39 is 0 Å². The Labute approximate surface area is 434 Å². The first-order chi connectivity index (χ1) is 37.1. The summed E-state index contributed by atoms with van der Waals surface area (Å²) < 4.78 is 4.72. The Morgan fingerprint density at radius 1 is 0.293 bits per heavy atom. The highest BCUT2D eigenvalue weighted by Crippen LogP contribution is 2.43. The number of nitrogens with zero attached hydrogens (tertiary/aromatic N) is 6. The van der Waals surface area contributed by atoms with Crippen molar-refractivity contribution in [3.63, 3.8) is 0 Å². The molecule has 0 N–H and O–H groups in total. The van der Waals surface area contributed by atoms with Crippen LogP contribution in [0.3, 0.4) is 0 Å². The Morgan fingerprint density at radius 3 is 1.13 bits per heavy atom. The number of aryl methyl sites for hydroxylation is 1. The van der Waals surface area contributed by atoms with Crippen molar-refractivity contribution < 1.29 is 0 Å². The Kier molecular flexibility index (Phi) is 10.6. The lowest BCUT2D eigenvalue weighted by atomic mass is 10.0. The van der Waals surface area contributed by atoms with Gasteiger partial charge in [-0.15, -0.1) is 0 Å². The first-order valence-electron chi connectivity index (χ1n) is 25.5. The lowest BCUT2D eigenvalue weighted by molar-refractivity contribution is 1.18. The summed E-state index contributed by atoms with van der Waals surface area (Å²) in [6.07, 6.45) is 0. The third-order valence-electron chi connectivity index (χ3n) is 14.6. The van der Waals surface area contributed by atoms with E-state index in [1.165, 1.54) is 32.6 Å². The van der Waals surface area contributed by atoms with Crippen molar-refractivity contribution >= 4 is 88.8 Å². The van der Waals surface area contributed by atoms with E-state index in [2.05, 4.69) is 299 Å². The molecule has 75 heavy (non-hydrogen) atoms. The highest BCUT2D eigenvalue weighted by atomic mass is 15.1. The molecule has 0 fully saturated rings. The average Bonchev–Trinajstić information content (AvgIpc) is 3.99. The minimum absolute atomic E-state index is 0.828. The molecule has 3 heterocycles. The third-order valence-corrected chi connectivity index (χ3v) is 14.6. The van der Waals surface area contributed by atoms with Gasteiger partial charge in [0.25, 0.3) is 0 Å². The quantitative estimate of drug-likeness (QED) is 0.137. The van der Waals surface area contributed by atoms with E-state index in [-0.39, 0.29) is 0 Å². The molecule has 6 nitrogen and oxygen atoms in total. The predicted molar refractivity (Wildman–Crippen MR) is 313 cm³/mol. The van der Waals surface area contributed by atoms with Gasteiger partial charge in [0.15, 0.2) is 0 Å². The summed E-state index contributed by atoms with van der Waals surface area (Å²) in [6, 6.07) is 97.4. The molecular weight excluding hydrogens is 913 g/mol. The lowest BCUT2D eigenvalue weighted by Gasteiger charge is -2.26. The Bertz CT molecular complexity index is 4400. The fraction of sp³-hybridized carbons (Fsp3) is 0.0145. The van der Waals surface area contributed by atoms with E-state index >= 15 is 0 Å². The molecule has 354 valence electrons. The van der Waals surface area contributed by atoms with Crippen LogP contribution < -0.4 is 9.80 Å². The molecule has 14 aromatic rings.